The summed E-state index contributed by atoms with van der Waals surface area (Å²) in [5, 5.41) is 0. The van der Waals surface area contributed by atoms with Crippen molar-refractivity contribution in [1.29, 1.82) is 0 Å². The number of rotatable bonds is 2. The fourth-order valence-electron chi connectivity index (χ4n) is 3.18. The number of carbonyl (C=O) groups is 1. The highest BCUT2D eigenvalue weighted by Crippen LogP contribution is 2.34. The van der Waals surface area contributed by atoms with Crippen LogP contribution in [0.4, 0.5) is 18.9 Å². The number of anilines is 1. The number of hydrogen-bond donors (Lipinski definition) is 0. The van der Waals surface area contributed by atoms with Crippen molar-refractivity contribution < 1.29 is 18.0 Å². The van der Waals surface area contributed by atoms with Gasteiger partial charge in [-0.3, -0.25) is 4.79 Å². The summed E-state index contributed by atoms with van der Waals surface area (Å²) in [4.78, 5) is 14.9. The van der Waals surface area contributed by atoms with Crippen molar-refractivity contribution in [2.24, 2.45) is 0 Å². The maximum atomic E-state index is 12.5. The van der Waals surface area contributed by atoms with Crippen molar-refractivity contribution in [3.8, 4) is 0 Å². The molecule has 2 aliphatic rings. The molecule has 0 radical (unpaired) electrons. The van der Waals surface area contributed by atoms with Crippen LogP contribution in [0.15, 0.2) is 24.3 Å². The van der Waals surface area contributed by atoms with E-state index in [9.17, 15) is 18.0 Å². The first kappa shape index (κ1) is 13.3. The van der Waals surface area contributed by atoms with Crippen molar-refractivity contribution in [3.63, 3.8) is 0 Å². The Hall–Kier alpha value is -1.72. The molecule has 2 atom stereocenters. The van der Waals surface area contributed by atoms with Crippen LogP contribution in [0.5, 0.6) is 0 Å². The van der Waals surface area contributed by atoms with E-state index in [1.807, 2.05) is 4.90 Å². The lowest BCUT2D eigenvalue weighted by molar-refractivity contribution is -0.137. The summed E-state index contributed by atoms with van der Waals surface area (Å²) in [5.41, 5.74) is 0.163. The van der Waals surface area contributed by atoms with E-state index < -0.39 is 11.7 Å². The van der Waals surface area contributed by atoms with Crippen LogP contribution in [0.25, 0.3) is 0 Å². The second-order valence-corrected chi connectivity index (χ2v) is 5.39. The Morgan fingerprint density at radius 2 is 1.60 bits per heavy atom. The molecule has 1 amide bonds. The van der Waals surface area contributed by atoms with Gasteiger partial charge in [-0.25, -0.2) is 0 Å². The third-order valence-electron chi connectivity index (χ3n) is 4.22. The largest absolute Gasteiger partial charge is 0.416 e. The Morgan fingerprint density at radius 1 is 1.05 bits per heavy atom. The van der Waals surface area contributed by atoms with Gasteiger partial charge >= 0.3 is 6.18 Å². The molecule has 2 bridgehead atoms. The molecule has 2 saturated heterocycles. The number of halogens is 3. The van der Waals surface area contributed by atoms with Gasteiger partial charge in [0.1, 0.15) is 0 Å². The molecule has 3 nitrogen and oxygen atoms in total. The van der Waals surface area contributed by atoms with E-state index in [0.717, 1.165) is 37.1 Å². The summed E-state index contributed by atoms with van der Waals surface area (Å²) in [6.45, 7) is 1.39. The van der Waals surface area contributed by atoms with E-state index in [1.54, 1.807) is 0 Å². The second-order valence-electron chi connectivity index (χ2n) is 5.39. The molecule has 0 aliphatic carbocycles. The van der Waals surface area contributed by atoms with Gasteiger partial charge in [0.2, 0.25) is 6.41 Å². The van der Waals surface area contributed by atoms with E-state index in [0.29, 0.717) is 13.1 Å². The second kappa shape index (κ2) is 4.68. The third-order valence-corrected chi connectivity index (χ3v) is 4.22. The Kier molecular flexibility index (Phi) is 3.11. The van der Waals surface area contributed by atoms with Crippen LogP contribution >= 0.6 is 0 Å². The van der Waals surface area contributed by atoms with Crippen LogP contribution in [0.3, 0.4) is 0 Å². The Bertz CT molecular complexity index is 486. The molecule has 0 N–H and O–H groups in total. The first-order valence-electron chi connectivity index (χ1n) is 6.64. The lowest BCUT2D eigenvalue weighted by Crippen LogP contribution is -2.53. The zero-order valence-electron chi connectivity index (χ0n) is 10.8. The molecular formula is C14H15F3N2O. The van der Waals surface area contributed by atoms with Crippen LogP contribution < -0.4 is 4.90 Å². The number of benzene rings is 1. The van der Waals surface area contributed by atoms with Gasteiger partial charge in [0.05, 0.1) is 5.56 Å². The van der Waals surface area contributed by atoms with Crippen LogP contribution in [-0.2, 0) is 11.0 Å². The fourth-order valence-corrected chi connectivity index (χ4v) is 3.18. The lowest BCUT2D eigenvalue weighted by Gasteiger charge is -2.40. The average molecular weight is 284 g/mol. The van der Waals surface area contributed by atoms with Gasteiger partial charge in [-0.15, -0.1) is 0 Å². The Morgan fingerprint density at radius 3 is 2.05 bits per heavy atom. The number of piperazine rings is 1. The molecule has 3 rings (SSSR count). The molecule has 20 heavy (non-hydrogen) atoms. The minimum atomic E-state index is -4.30. The summed E-state index contributed by atoms with van der Waals surface area (Å²) in [5.74, 6) is 0. The molecule has 6 heteroatoms. The Balaban J connectivity index is 1.77. The van der Waals surface area contributed by atoms with Gasteiger partial charge in [0.15, 0.2) is 0 Å². The van der Waals surface area contributed by atoms with Crippen molar-refractivity contribution in [3.05, 3.63) is 29.8 Å². The summed E-state index contributed by atoms with van der Waals surface area (Å²) in [6.07, 6.45) is -1.46. The SMILES string of the molecule is O=CN1[C@@H]2CC[C@H]1CN(c1ccc(C(F)(F)F)cc1)C2. The molecule has 0 unspecified atom stereocenters. The maximum absolute atomic E-state index is 12.5. The molecule has 108 valence electrons. The van der Waals surface area contributed by atoms with Gasteiger partial charge < -0.3 is 9.80 Å². The smallest absolute Gasteiger partial charge is 0.367 e. The first-order valence-corrected chi connectivity index (χ1v) is 6.64. The van der Waals surface area contributed by atoms with Gasteiger partial charge in [-0.2, -0.15) is 13.2 Å². The monoisotopic (exact) mass is 284 g/mol. The highest BCUT2D eigenvalue weighted by molar-refractivity contribution is 5.54. The molecule has 1 aromatic rings. The van der Waals surface area contributed by atoms with Gasteiger partial charge in [0, 0.05) is 30.9 Å². The first-order chi connectivity index (χ1) is 9.49. The maximum Gasteiger partial charge on any atom is 0.416 e. The van der Waals surface area contributed by atoms with E-state index in [4.69, 9.17) is 0 Å². The zero-order valence-corrected chi connectivity index (χ0v) is 10.8. The number of nitrogens with zero attached hydrogens (tertiary/aromatic N) is 2. The van der Waals surface area contributed by atoms with Crippen molar-refractivity contribution in [2.75, 3.05) is 18.0 Å². The van der Waals surface area contributed by atoms with Crippen LogP contribution in [0.1, 0.15) is 18.4 Å². The number of alkyl halides is 3. The Labute approximate surface area is 115 Å². The summed E-state index contributed by atoms with van der Waals surface area (Å²) in [7, 11) is 0. The van der Waals surface area contributed by atoms with Crippen molar-refractivity contribution in [1.82, 2.24) is 4.90 Å². The number of fused-ring (bicyclic) bond motifs is 2. The standard InChI is InChI=1S/C14H15F3N2O/c15-14(16,17)10-1-3-11(4-2-10)18-7-12-5-6-13(8-18)19(12)9-20/h1-4,9,12-13H,5-8H2/t12-,13+. The van der Waals surface area contributed by atoms with Crippen LogP contribution in [0, 0.1) is 0 Å². The predicted octanol–water partition coefficient (Wildman–Crippen LogP) is 2.51. The van der Waals surface area contributed by atoms with Gasteiger partial charge in [0.25, 0.3) is 0 Å². The number of carbonyl (C=O) groups excluding carboxylic acids is 1. The zero-order chi connectivity index (χ0) is 14.3. The molecule has 1 aromatic carbocycles. The van der Waals surface area contributed by atoms with E-state index in [2.05, 4.69) is 4.90 Å². The third kappa shape index (κ3) is 2.23. The number of amides is 1. The van der Waals surface area contributed by atoms with E-state index in [-0.39, 0.29) is 12.1 Å². The summed E-state index contributed by atoms with van der Waals surface area (Å²) in [6, 6.07) is 5.63. The average Bonchev–Trinajstić information content (AvgIpc) is 2.66. The van der Waals surface area contributed by atoms with Crippen LogP contribution in [0.2, 0.25) is 0 Å². The number of hydrogen-bond acceptors (Lipinski definition) is 2. The minimum absolute atomic E-state index is 0.188. The van der Waals surface area contributed by atoms with Crippen molar-refractivity contribution in [2.45, 2.75) is 31.1 Å². The predicted molar refractivity (Wildman–Crippen MR) is 68.4 cm³/mol. The van der Waals surface area contributed by atoms with Crippen molar-refractivity contribution >= 4 is 12.1 Å². The van der Waals surface area contributed by atoms with Gasteiger partial charge in [-0.1, -0.05) is 0 Å². The lowest BCUT2D eigenvalue weighted by atomic mass is 10.1. The van der Waals surface area contributed by atoms with Gasteiger partial charge in [-0.05, 0) is 37.1 Å². The fraction of sp³-hybridized carbons (Fsp3) is 0.500. The molecule has 2 aliphatic heterocycles. The topological polar surface area (TPSA) is 23.6 Å². The molecular weight excluding hydrogens is 269 g/mol. The van der Waals surface area contributed by atoms with Crippen LogP contribution in [-0.4, -0.2) is 36.5 Å². The van der Waals surface area contributed by atoms with E-state index in [1.165, 1.54) is 12.1 Å². The normalized spacial score (nSPS) is 25.9. The van der Waals surface area contributed by atoms with E-state index >= 15 is 0 Å². The minimum Gasteiger partial charge on any atom is -0.367 e. The molecule has 0 spiro atoms. The quantitative estimate of drug-likeness (QED) is 0.779. The molecule has 2 heterocycles. The molecule has 2 fully saturated rings. The highest BCUT2D eigenvalue weighted by Gasteiger charge is 2.39. The summed E-state index contributed by atoms with van der Waals surface area (Å²) < 4.78 is 37.6. The molecule has 0 aromatic heterocycles. The molecule has 0 saturated carbocycles. The summed E-state index contributed by atoms with van der Waals surface area (Å²) >= 11 is 0. The highest BCUT2D eigenvalue weighted by atomic mass is 19.4.